The maximum atomic E-state index is 15.1. The molecule has 12 atom stereocenters. The predicted octanol–water partition coefficient (Wildman–Crippen LogP) is 11.6. The number of nitrogens with zero attached hydrogens (tertiary/aromatic N) is 3. The summed E-state index contributed by atoms with van der Waals surface area (Å²) in [6.07, 6.45) is 2.18. The minimum Gasteiger partial charge on any atom is -0.508 e. The van der Waals surface area contributed by atoms with Gasteiger partial charge in [0.1, 0.15) is 23.0 Å². The van der Waals surface area contributed by atoms with E-state index in [0.717, 1.165) is 50.1 Å². The number of nitrogens with two attached hydrogens (primary N) is 1. The van der Waals surface area contributed by atoms with Gasteiger partial charge in [-0.2, -0.15) is 0 Å². The first-order valence-electron chi connectivity index (χ1n) is 41.2. The lowest BCUT2D eigenvalue weighted by molar-refractivity contribution is -0.142. The molecule has 3 saturated carbocycles. The second-order valence-corrected chi connectivity index (χ2v) is 35.5. The number of nitrogens with one attached hydrogen (secondary N) is 6. The Morgan fingerprint density at radius 1 is 0.390 bits per heavy atom. The second kappa shape index (κ2) is 31.1. The molecule has 1 spiro atoms. The van der Waals surface area contributed by atoms with Gasteiger partial charge in [0.2, 0.25) is 35.4 Å². The Kier molecular flexibility index (Phi) is 20.7. The summed E-state index contributed by atoms with van der Waals surface area (Å²) in [4.78, 5) is 122. The number of aromatic hydroxyl groups is 2. The molecule has 22 nitrogen and oxygen atoms in total. The Balaban J connectivity index is 0.534. The third-order valence-corrected chi connectivity index (χ3v) is 27.3. The van der Waals surface area contributed by atoms with Crippen molar-refractivity contribution >= 4 is 47.3 Å². The van der Waals surface area contributed by atoms with E-state index in [2.05, 4.69) is 151 Å². The molecule has 5 aliphatic heterocycles. The van der Waals surface area contributed by atoms with Crippen LogP contribution in [0, 0.1) is 34.0 Å². The average molecular weight is 1590 g/mol. The first-order valence-corrected chi connectivity index (χ1v) is 41.2. The monoisotopic (exact) mass is 1580 g/mol. The largest absolute Gasteiger partial charge is 0.508 e. The van der Waals surface area contributed by atoms with E-state index in [1.807, 2.05) is 101 Å². The van der Waals surface area contributed by atoms with Crippen LogP contribution in [0.1, 0.15) is 134 Å². The molecular weight excluding hydrogens is 1490 g/mol. The number of likely N-dealkylation sites (tertiary alicyclic amines) is 3. The standard InChI is InChI=1S/C96H100N10O12/c1-93(2)73(46-81(93)101-86(110)69-23-16-24-72-84(69)92(116)118-96(72)70-39-37-67(107)44-79(70)117-80-45-68(108)38-40-71(80)96)88(112)99-65-42-77(105(53-65)50-56-27-33-62(34-28-56)59-19-12-8-13-20-59)91(115)103-83-48-75(95(83,5)6)89(113)100-66-43-78(106(54-66)51-57-29-35-63(36-30-57)60-21-14-9-15-22-60)90(114)102-82-47-74(94(82,3)4)87(111)98-64-41-76(85(97)109)104(52-64)49-55-25-31-61(32-26-55)58-17-10-7-11-18-58/h7-40,44-45,64-66,73-78,81-83,107-108H,41-43,46-54H2,1-6H3,(H2,97,109)(H,98,111)(H,99,112)(H,100,113)(H,101,110)(H,102,114)(H,103,115)/t64-,65-,66-,73+,74+,75+,76-,77-,78-,81+,82?,83+/m0/s1. The fourth-order valence-electron chi connectivity index (χ4n) is 19.9. The van der Waals surface area contributed by atoms with Crippen molar-refractivity contribution in [3.63, 3.8) is 0 Å². The molecule has 3 saturated heterocycles. The number of phenols is 2. The smallest absolute Gasteiger partial charge is 0.340 e. The van der Waals surface area contributed by atoms with E-state index in [4.69, 9.17) is 15.2 Å². The second-order valence-electron chi connectivity index (χ2n) is 35.5. The van der Waals surface area contributed by atoms with Crippen LogP contribution in [-0.2, 0) is 58.7 Å². The molecule has 7 amide bonds. The van der Waals surface area contributed by atoms with Gasteiger partial charge in [0, 0.05) is 122 Å². The molecule has 0 bridgehead atoms. The highest BCUT2D eigenvalue weighted by Crippen LogP contribution is 2.58. The van der Waals surface area contributed by atoms with Gasteiger partial charge in [0.05, 0.1) is 29.3 Å². The van der Waals surface area contributed by atoms with Gasteiger partial charge in [0.15, 0.2) is 5.60 Å². The highest BCUT2D eigenvalue weighted by molar-refractivity contribution is 6.09. The lowest BCUT2D eigenvalue weighted by Gasteiger charge is -2.51. The molecule has 5 heterocycles. The number of carbonyl (C=O) groups is 8. The van der Waals surface area contributed by atoms with E-state index in [0.29, 0.717) is 94.5 Å². The predicted molar refractivity (Wildman–Crippen MR) is 446 cm³/mol. The molecule has 6 fully saturated rings. The molecule has 0 aromatic heterocycles. The van der Waals surface area contributed by atoms with E-state index in [9.17, 15) is 43.8 Å². The minimum absolute atomic E-state index is 0.0572. The fraction of sp³-hybridized carbons (Fsp3) is 0.354. The van der Waals surface area contributed by atoms with Crippen LogP contribution in [0.3, 0.4) is 0 Å². The van der Waals surface area contributed by atoms with Crippen molar-refractivity contribution in [2.75, 3.05) is 19.6 Å². The summed E-state index contributed by atoms with van der Waals surface area (Å²) in [6.45, 7) is 14.5. The summed E-state index contributed by atoms with van der Waals surface area (Å²) in [5.74, 6) is -3.72. The van der Waals surface area contributed by atoms with Crippen molar-refractivity contribution < 1.29 is 58.0 Å². The first-order chi connectivity index (χ1) is 56.7. The number of ether oxygens (including phenoxy) is 2. The van der Waals surface area contributed by atoms with Crippen LogP contribution in [0.2, 0.25) is 0 Å². The summed E-state index contributed by atoms with van der Waals surface area (Å²) in [7, 11) is 0. The van der Waals surface area contributed by atoms with E-state index < -0.39 is 87.6 Å². The van der Waals surface area contributed by atoms with E-state index in [-0.39, 0.29) is 87.8 Å². The average Bonchev–Trinajstić information content (AvgIpc) is 1.51. The topological polar surface area (TPSA) is 303 Å². The van der Waals surface area contributed by atoms with Crippen molar-refractivity contribution in [2.24, 2.45) is 39.7 Å². The number of esters is 1. The highest BCUT2D eigenvalue weighted by atomic mass is 16.6. The van der Waals surface area contributed by atoms with Crippen molar-refractivity contribution in [1.82, 2.24) is 46.6 Å². The lowest BCUT2D eigenvalue weighted by Crippen LogP contribution is -2.64. The van der Waals surface area contributed by atoms with Crippen LogP contribution in [0.25, 0.3) is 33.4 Å². The number of amides is 7. The number of carbonyl (C=O) groups excluding carboxylic acids is 8. The molecule has 1 unspecified atom stereocenters. The summed E-state index contributed by atoms with van der Waals surface area (Å²) in [5.41, 5.74) is 13.3. The van der Waals surface area contributed by atoms with E-state index in [1.165, 1.54) is 24.3 Å². The number of hydrogen-bond donors (Lipinski definition) is 9. The maximum Gasteiger partial charge on any atom is 0.340 e. The third-order valence-electron chi connectivity index (χ3n) is 27.3. The molecule has 606 valence electrons. The first kappa shape index (κ1) is 78.5. The minimum atomic E-state index is -1.57. The van der Waals surface area contributed by atoms with Crippen molar-refractivity contribution in [3.8, 4) is 56.4 Å². The Hall–Kier alpha value is -12.0. The highest BCUT2D eigenvalue weighted by Gasteiger charge is 2.59. The maximum absolute atomic E-state index is 15.1. The third kappa shape index (κ3) is 14.8. The molecule has 10 N–H and O–H groups in total. The van der Waals surface area contributed by atoms with Gasteiger partial charge >= 0.3 is 5.97 Å². The van der Waals surface area contributed by atoms with Gasteiger partial charge in [0.25, 0.3) is 5.91 Å². The molecule has 8 aliphatic rings. The summed E-state index contributed by atoms with van der Waals surface area (Å²) >= 11 is 0. The molecule has 118 heavy (non-hydrogen) atoms. The molecule has 3 aliphatic carbocycles. The summed E-state index contributed by atoms with van der Waals surface area (Å²) in [6, 6.07) is 65.1. The van der Waals surface area contributed by atoms with Gasteiger partial charge in [-0.3, -0.25) is 48.3 Å². The van der Waals surface area contributed by atoms with E-state index in [1.54, 1.807) is 30.3 Å². The Morgan fingerprint density at radius 2 is 0.737 bits per heavy atom. The summed E-state index contributed by atoms with van der Waals surface area (Å²) in [5, 5.41) is 40.8. The quantitative estimate of drug-likeness (QED) is 0.0285. The fourth-order valence-corrected chi connectivity index (χ4v) is 19.9. The number of fused-ring (bicyclic) bond motifs is 6. The zero-order chi connectivity index (χ0) is 82.3. The number of phenolic OH excluding ortho intramolecular Hbond substituents is 2. The van der Waals surface area contributed by atoms with Gasteiger partial charge < -0.3 is 57.3 Å². The van der Waals surface area contributed by atoms with Crippen LogP contribution in [-0.4, -0.2) is 146 Å². The van der Waals surface area contributed by atoms with Crippen LogP contribution < -0.4 is 42.4 Å². The normalized spacial score (nSPS) is 25.3. The number of primary amides is 1. The Labute approximate surface area is 686 Å². The number of benzene rings is 9. The lowest BCUT2D eigenvalue weighted by atomic mass is 9.58. The molecule has 0 radical (unpaired) electrons. The van der Waals surface area contributed by atoms with Gasteiger partial charge in [-0.1, -0.05) is 217 Å². The Morgan fingerprint density at radius 3 is 1.10 bits per heavy atom. The van der Waals surface area contributed by atoms with Gasteiger partial charge in [-0.05, 0) is 135 Å². The van der Waals surface area contributed by atoms with E-state index >= 15 is 4.79 Å². The molecule has 9 aromatic rings. The van der Waals surface area contributed by atoms with Crippen LogP contribution in [0.4, 0.5) is 0 Å². The molecular formula is C96H100N10O12. The molecule has 9 aromatic carbocycles. The zero-order valence-corrected chi connectivity index (χ0v) is 67.1. The summed E-state index contributed by atoms with van der Waals surface area (Å²) < 4.78 is 12.5. The Bertz CT molecular complexity index is 5340. The van der Waals surface area contributed by atoms with Crippen molar-refractivity contribution in [2.45, 2.75) is 160 Å². The SMILES string of the molecule is CC1(C)C(NC(=O)[C@@H]2C[C@H](NC(=O)[C@H]3C[C@@H](NC(=O)[C@@H]4C[C@H](NC(=O)[C@H]5C[C@@H](NC(=O)c6cccc7c6C(=O)OC76c7ccc(O)cc7Oc7cc(O)ccc76)C5(C)C)CN4Cc4ccc(-c5ccccc5)cc4)C3(C)C)CN2Cc2ccc(-c3ccccc3)cc2)C[C@@H]1C(=O)N[C@H]1C[C@@H](C(N)=O)N(Cc2ccc(-c3ccccc3)cc2)C1. The van der Waals surface area contributed by atoms with Crippen LogP contribution in [0.15, 0.2) is 218 Å². The van der Waals surface area contributed by atoms with Crippen molar-refractivity contribution in [3.05, 3.63) is 263 Å². The number of hydrogen-bond acceptors (Lipinski definition) is 15. The zero-order valence-electron chi connectivity index (χ0n) is 67.1. The van der Waals surface area contributed by atoms with Crippen molar-refractivity contribution in [1.29, 1.82) is 0 Å². The molecule has 17 rings (SSSR count). The molecule has 22 heteroatoms. The van der Waals surface area contributed by atoms with Gasteiger partial charge in [-0.15, -0.1) is 0 Å². The number of rotatable bonds is 22. The van der Waals surface area contributed by atoms with Crippen LogP contribution in [0.5, 0.6) is 23.0 Å². The van der Waals surface area contributed by atoms with Crippen LogP contribution >= 0.6 is 0 Å². The van der Waals surface area contributed by atoms with Gasteiger partial charge in [-0.25, -0.2) is 4.79 Å².